The van der Waals surface area contributed by atoms with E-state index in [1.165, 1.54) is 5.56 Å². The summed E-state index contributed by atoms with van der Waals surface area (Å²) in [6.07, 6.45) is 0. The Morgan fingerprint density at radius 1 is 1.14 bits per heavy atom. The van der Waals surface area contributed by atoms with Crippen LogP contribution in [0.2, 0.25) is 0 Å². The molecule has 0 aliphatic rings. The summed E-state index contributed by atoms with van der Waals surface area (Å²) in [5, 5.41) is 0. The van der Waals surface area contributed by atoms with Gasteiger partial charge in [0.25, 0.3) is 0 Å². The number of hydrogen-bond donors (Lipinski definition) is 0. The highest BCUT2D eigenvalue weighted by Gasteiger charge is 1.99. The zero-order chi connectivity index (χ0) is 10.4. The average Bonchev–Trinajstić information content (AvgIpc) is 2.19. The van der Waals surface area contributed by atoms with Crippen LogP contribution < -0.4 is 4.74 Å². The first-order valence-electron chi connectivity index (χ1n) is 4.56. The number of benzene rings is 1. The topological polar surface area (TPSA) is 21.7 Å². The maximum absolute atomic E-state index is 5.08. The smallest absolute Gasteiger partial charge is 0.118 e. The van der Waals surface area contributed by atoms with Gasteiger partial charge in [0.1, 0.15) is 5.75 Å². The van der Waals surface area contributed by atoms with Gasteiger partial charge in [-0.15, -0.1) is 0 Å². The van der Waals surface area contributed by atoms with E-state index in [4.69, 9.17) is 9.47 Å². The summed E-state index contributed by atoms with van der Waals surface area (Å²) in [6.45, 7) is 1.53. The lowest BCUT2D eigenvalue weighted by molar-refractivity contribution is 0.0771. The third-order valence-electron chi connectivity index (χ3n) is 1.96. The molecule has 0 bridgehead atoms. The molecule has 1 aromatic rings. The van der Waals surface area contributed by atoms with E-state index in [1.54, 1.807) is 14.2 Å². The van der Waals surface area contributed by atoms with Crippen molar-refractivity contribution in [3.8, 4) is 5.75 Å². The zero-order valence-electron chi connectivity index (χ0n) is 8.99. The first kappa shape index (κ1) is 11.0. The van der Waals surface area contributed by atoms with E-state index in [0.29, 0.717) is 6.73 Å². The molecule has 3 nitrogen and oxygen atoms in total. The van der Waals surface area contributed by atoms with Gasteiger partial charge in [0.2, 0.25) is 0 Å². The van der Waals surface area contributed by atoms with Crippen molar-refractivity contribution in [3.63, 3.8) is 0 Å². The van der Waals surface area contributed by atoms with Crippen LogP contribution in [0.15, 0.2) is 24.3 Å². The molecule has 0 heterocycles. The molecule has 0 atom stereocenters. The van der Waals surface area contributed by atoms with Crippen molar-refractivity contribution in [3.05, 3.63) is 29.8 Å². The van der Waals surface area contributed by atoms with Gasteiger partial charge >= 0.3 is 0 Å². The minimum absolute atomic E-state index is 0.645. The molecule has 78 valence electrons. The highest BCUT2D eigenvalue weighted by molar-refractivity contribution is 5.26. The Kier molecular flexibility index (Phi) is 4.43. The Morgan fingerprint density at radius 2 is 1.79 bits per heavy atom. The van der Waals surface area contributed by atoms with Gasteiger partial charge in [-0.1, -0.05) is 12.1 Å². The number of hydrogen-bond acceptors (Lipinski definition) is 3. The molecule has 0 aliphatic carbocycles. The minimum atomic E-state index is 0.645. The van der Waals surface area contributed by atoms with Gasteiger partial charge in [0, 0.05) is 13.7 Å². The van der Waals surface area contributed by atoms with Crippen LogP contribution in [0.4, 0.5) is 0 Å². The summed E-state index contributed by atoms with van der Waals surface area (Å²) in [4.78, 5) is 2.10. The van der Waals surface area contributed by atoms with Crippen molar-refractivity contribution in [1.29, 1.82) is 0 Å². The maximum Gasteiger partial charge on any atom is 0.118 e. The number of nitrogens with zero attached hydrogens (tertiary/aromatic N) is 1. The zero-order valence-corrected chi connectivity index (χ0v) is 8.99. The molecule has 0 N–H and O–H groups in total. The van der Waals surface area contributed by atoms with Crippen molar-refractivity contribution >= 4 is 0 Å². The summed E-state index contributed by atoms with van der Waals surface area (Å²) in [5.41, 5.74) is 1.25. The number of ether oxygens (including phenoxy) is 2. The molecule has 0 radical (unpaired) electrons. The van der Waals surface area contributed by atoms with Crippen LogP contribution >= 0.6 is 0 Å². The molecule has 1 rings (SSSR count). The summed E-state index contributed by atoms with van der Waals surface area (Å²) >= 11 is 0. The monoisotopic (exact) mass is 195 g/mol. The van der Waals surface area contributed by atoms with E-state index < -0.39 is 0 Å². The summed E-state index contributed by atoms with van der Waals surface area (Å²) < 4.78 is 10.1. The lowest BCUT2D eigenvalue weighted by Crippen LogP contribution is -2.20. The van der Waals surface area contributed by atoms with Gasteiger partial charge in [-0.05, 0) is 24.7 Å². The standard InChI is InChI=1S/C11H17NO2/c1-12(9-13-2)8-10-4-6-11(14-3)7-5-10/h4-7H,8-9H2,1-3H3. The van der Waals surface area contributed by atoms with Crippen molar-refractivity contribution in [2.75, 3.05) is 28.0 Å². The Bertz CT molecular complexity index is 258. The number of methoxy groups -OCH3 is 2. The van der Waals surface area contributed by atoms with Crippen molar-refractivity contribution in [2.45, 2.75) is 6.54 Å². The third-order valence-corrected chi connectivity index (χ3v) is 1.96. The van der Waals surface area contributed by atoms with Crippen LogP contribution in [-0.4, -0.2) is 32.9 Å². The third kappa shape index (κ3) is 3.36. The molecular weight excluding hydrogens is 178 g/mol. The molecule has 0 amide bonds. The summed E-state index contributed by atoms with van der Waals surface area (Å²) in [7, 11) is 5.39. The molecule has 0 saturated carbocycles. The predicted molar refractivity (Wildman–Crippen MR) is 56.3 cm³/mol. The number of rotatable bonds is 5. The lowest BCUT2D eigenvalue weighted by atomic mass is 10.2. The van der Waals surface area contributed by atoms with Crippen LogP contribution in [0.25, 0.3) is 0 Å². The van der Waals surface area contributed by atoms with Gasteiger partial charge in [-0.3, -0.25) is 4.90 Å². The van der Waals surface area contributed by atoms with Crippen LogP contribution in [-0.2, 0) is 11.3 Å². The first-order valence-corrected chi connectivity index (χ1v) is 4.56. The van der Waals surface area contributed by atoms with Crippen molar-refractivity contribution < 1.29 is 9.47 Å². The van der Waals surface area contributed by atoms with Crippen LogP contribution in [0, 0.1) is 0 Å². The van der Waals surface area contributed by atoms with Crippen LogP contribution in [0.1, 0.15) is 5.56 Å². The van der Waals surface area contributed by atoms with Gasteiger partial charge < -0.3 is 9.47 Å². The van der Waals surface area contributed by atoms with E-state index in [9.17, 15) is 0 Å². The molecule has 0 saturated heterocycles. The van der Waals surface area contributed by atoms with Crippen LogP contribution in [0.3, 0.4) is 0 Å². The predicted octanol–water partition coefficient (Wildman–Crippen LogP) is 1.73. The van der Waals surface area contributed by atoms with Gasteiger partial charge in [-0.2, -0.15) is 0 Å². The molecule has 0 spiro atoms. The Balaban J connectivity index is 2.50. The molecule has 0 unspecified atom stereocenters. The normalized spacial score (nSPS) is 10.6. The maximum atomic E-state index is 5.08. The Hall–Kier alpha value is -1.06. The highest BCUT2D eigenvalue weighted by atomic mass is 16.5. The average molecular weight is 195 g/mol. The molecule has 0 fully saturated rings. The van der Waals surface area contributed by atoms with Crippen molar-refractivity contribution in [2.24, 2.45) is 0 Å². The second-order valence-electron chi connectivity index (χ2n) is 3.28. The van der Waals surface area contributed by atoms with E-state index in [0.717, 1.165) is 12.3 Å². The van der Waals surface area contributed by atoms with E-state index in [-0.39, 0.29) is 0 Å². The second-order valence-corrected chi connectivity index (χ2v) is 3.28. The largest absolute Gasteiger partial charge is 0.497 e. The van der Waals surface area contributed by atoms with E-state index in [2.05, 4.69) is 17.0 Å². The Morgan fingerprint density at radius 3 is 2.29 bits per heavy atom. The fourth-order valence-corrected chi connectivity index (χ4v) is 1.31. The molecule has 1 aromatic carbocycles. The second kappa shape index (κ2) is 5.62. The molecule has 0 aliphatic heterocycles. The first-order chi connectivity index (χ1) is 6.76. The van der Waals surface area contributed by atoms with Gasteiger partial charge in [-0.25, -0.2) is 0 Å². The van der Waals surface area contributed by atoms with E-state index in [1.807, 2.05) is 19.2 Å². The summed E-state index contributed by atoms with van der Waals surface area (Å²) in [5.74, 6) is 0.892. The molecular formula is C11H17NO2. The quantitative estimate of drug-likeness (QED) is 0.668. The van der Waals surface area contributed by atoms with Gasteiger partial charge in [0.05, 0.1) is 13.8 Å². The lowest BCUT2D eigenvalue weighted by Gasteiger charge is -2.15. The highest BCUT2D eigenvalue weighted by Crippen LogP contribution is 2.12. The molecule has 0 aromatic heterocycles. The summed E-state index contributed by atoms with van der Waals surface area (Å²) in [6, 6.07) is 8.06. The SMILES string of the molecule is COCN(C)Cc1ccc(OC)cc1. The van der Waals surface area contributed by atoms with E-state index >= 15 is 0 Å². The Labute approximate surface area is 85.2 Å². The fraction of sp³-hybridized carbons (Fsp3) is 0.455. The molecule has 14 heavy (non-hydrogen) atoms. The fourth-order valence-electron chi connectivity index (χ4n) is 1.31. The molecule has 3 heteroatoms. The van der Waals surface area contributed by atoms with Crippen molar-refractivity contribution in [1.82, 2.24) is 4.90 Å². The van der Waals surface area contributed by atoms with Gasteiger partial charge in [0.15, 0.2) is 0 Å². The van der Waals surface area contributed by atoms with Crippen LogP contribution in [0.5, 0.6) is 5.75 Å². The minimum Gasteiger partial charge on any atom is -0.497 e.